The summed E-state index contributed by atoms with van der Waals surface area (Å²) >= 11 is 1.34. The zero-order valence-corrected chi connectivity index (χ0v) is 11.4. The second kappa shape index (κ2) is 6.26. The first-order chi connectivity index (χ1) is 9.90. The number of ether oxygens (including phenoxy) is 1. The SMILES string of the molecule is O=C(Cc1cccs1)c1ccccc1OC(F)(F)C(F)F. The van der Waals surface area contributed by atoms with E-state index in [1.54, 1.807) is 17.5 Å². The van der Waals surface area contributed by atoms with Crippen LogP contribution in [-0.2, 0) is 6.42 Å². The van der Waals surface area contributed by atoms with Gasteiger partial charge in [0, 0.05) is 11.3 Å². The monoisotopic (exact) mass is 318 g/mol. The predicted octanol–water partition coefficient (Wildman–Crippen LogP) is 4.41. The van der Waals surface area contributed by atoms with Crippen LogP contribution in [0.4, 0.5) is 17.6 Å². The molecule has 0 spiro atoms. The number of para-hydroxylation sites is 1. The fraction of sp³-hybridized carbons (Fsp3) is 0.214. The second-order valence-electron chi connectivity index (χ2n) is 4.14. The third-order valence-electron chi connectivity index (χ3n) is 2.60. The summed E-state index contributed by atoms with van der Waals surface area (Å²) in [6.45, 7) is 0. The molecule has 7 heteroatoms. The lowest BCUT2D eigenvalue weighted by molar-refractivity contribution is -0.253. The molecule has 0 saturated carbocycles. The van der Waals surface area contributed by atoms with Crippen LogP contribution in [0.25, 0.3) is 0 Å². The van der Waals surface area contributed by atoms with Crippen molar-refractivity contribution in [1.29, 1.82) is 0 Å². The van der Waals surface area contributed by atoms with Crippen LogP contribution in [0.15, 0.2) is 41.8 Å². The number of ketones is 1. The van der Waals surface area contributed by atoms with Gasteiger partial charge in [-0.3, -0.25) is 4.79 Å². The number of carbonyl (C=O) groups is 1. The van der Waals surface area contributed by atoms with Crippen molar-refractivity contribution in [3.05, 3.63) is 52.2 Å². The molecule has 0 bridgehead atoms. The average Bonchev–Trinajstić information content (AvgIpc) is 2.91. The standard InChI is InChI=1S/C14H10F4O2S/c15-13(16)14(17,18)20-12-6-2-1-5-10(12)11(19)8-9-4-3-7-21-9/h1-7,13H,8H2. The van der Waals surface area contributed by atoms with Crippen LogP contribution in [0.3, 0.4) is 0 Å². The van der Waals surface area contributed by atoms with Crippen LogP contribution < -0.4 is 4.74 Å². The molecule has 0 radical (unpaired) electrons. The summed E-state index contributed by atoms with van der Waals surface area (Å²) in [5.41, 5.74) is -0.147. The zero-order chi connectivity index (χ0) is 15.5. The van der Waals surface area contributed by atoms with Crippen molar-refractivity contribution < 1.29 is 27.1 Å². The van der Waals surface area contributed by atoms with Crippen LogP contribution in [0.2, 0.25) is 0 Å². The van der Waals surface area contributed by atoms with Gasteiger partial charge in [-0.25, -0.2) is 0 Å². The van der Waals surface area contributed by atoms with Gasteiger partial charge >= 0.3 is 12.5 Å². The van der Waals surface area contributed by atoms with Crippen molar-refractivity contribution in [3.8, 4) is 5.75 Å². The van der Waals surface area contributed by atoms with Gasteiger partial charge in [0.15, 0.2) is 5.78 Å². The van der Waals surface area contributed by atoms with E-state index in [2.05, 4.69) is 4.74 Å². The molecule has 2 rings (SSSR count). The van der Waals surface area contributed by atoms with Crippen LogP contribution in [0.1, 0.15) is 15.2 Å². The van der Waals surface area contributed by atoms with E-state index >= 15 is 0 Å². The number of Topliss-reactive ketones (excluding diaryl/α,β-unsaturated/α-hetero) is 1. The number of halogens is 4. The van der Waals surface area contributed by atoms with Gasteiger partial charge in [-0.05, 0) is 23.6 Å². The number of thiophene rings is 1. The van der Waals surface area contributed by atoms with Gasteiger partial charge in [0.05, 0.1) is 5.56 Å². The Balaban J connectivity index is 2.22. The Morgan fingerprint density at radius 3 is 2.52 bits per heavy atom. The molecule has 0 N–H and O–H groups in total. The molecule has 1 heterocycles. The quantitative estimate of drug-likeness (QED) is 0.582. The zero-order valence-electron chi connectivity index (χ0n) is 10.6. The molecule has 1 aromatic heterocycles. The molecule has 0 unspecified atom stereocenters. The van der Waals surface area contributed by atoms with Crippen LogP contribution in [0, 0.1) is 0 Å². The van der Waals surface area contributed by atoms with Crippen molar-refractivity contribution in [2.45, 2.75) is 19.0 Å². The first-order valence-electron chi connectivity index (χ1n) is 5.90. The predicted molar refractivity (Wildman–Crippen MR) is 70.4 cm³/mol. The van der Waals surface area contributed by atoms with E-state index in [-0.39, 0.29) is 12.0 Å². The van der Waals surface area contributed by atoms with Crippen molar-refractivity contribution in [1.82, 2.24) is 0 Å². The van der Waals surface area contributed by atoms with Crippen molar-refractivity contribution in [2.75, 3.05) is 0 Å². The lowest BCUT2D eigenvalue weighted by Crippen LogP contribution is -2.34. The number of hydrogen-bond donors (Lipinski definition) is 0. The van der Waals surface area contributed by atoms with E-state index in [4.69, 9.17) is 0 Å². The van der Waals surface area contributed by atoms with Gasteiger partial charge in [-0.1, -0.05) is 18.2 Å². The highest BCUT2D eigenvalue weighted by atomic mass is 32.1. The molecule has 0 atom stereocenters. The number of alkyl halides is 4. The lowest BCUT2D eigenvalue weighted by atomic mass is 10.1. The van der Waals surface area contributed by atoms with E-state index in [1.165, 1.54) is 29.5 Å². The molecule has 2 nitrogen and oxygen atoms in total. The Labute approximate surface area is 122 Å². The average molecular weight is 318 g/mol. The first kappa shape index (κ1) is 15.5. The molecule has 112 valence electrons. The summed E-state index contributed by atoms with van der Waals surface area (Å²) in [6, 6.07) is 8.60. The largest absolute Gasteiger partial charge is 0.461 e. The number of rotatable bonds is 6. The molecule has 0 fully saturated rings. The van der Waals surface area contributed by atoms with Gasteiger partial charge in [0.1, 0.15) is 5.75 Å². The van der Waals surface area contributed by atoms with E-state index < -0.39 is 24.1 Å². The minimum atomic E-state index is -4.64. The summed E-state index contributed by atoms with van der Waals surface area (Å²) in [5, 5.41) is 1.77. The molecule has 21 heavy (non-hydrogen) atoms. The maximum atomic E-state index is 13.0. The molecule has 0 saturated heterocycles. The topological polar surface area (TPSA) is 26.3 Å². The molecule has 0 aliphatic carbocycles. The van der Waals surface area contributed by atoms with Gasteiger partial charge < -0.3 is 4.74 Å². The smallest absolute Gasteiger partial charge is 0.428 e. The highest BCUT2D eigenvalue weighted by Crippen LogP contribution is 2.30. The van der Waals surface area contributed by atoms with Gasteiger partial charge in [0.2, 0.25) is 0 Å². The Bertz CT molecular complexity index is 611. The first-order valence-corrected chi connectivity index (χ1v) is 6.77. The van der Waals surface area contributed by atoms with E-state index in [1.807, 2.05) is 0 Å². The molecule has 0 aliphatic heterocycles. The Morgan fingerprint density at radius 2 is 1.90 bits per heavy atom. The van der Waals surface area contributed by atoms with Crippen molar-refractivity contribution in [2.24, 2.45) is 0 Å². The third kappa shape index (κ3) is 3.81. The maximum absolute atomic E-state index is 13.0. The van der Waals surface area contributed by atoms with Crippen LogP contribution in [-0.4, -0.2) is 18.3 Å². The minimum absolute atomic E-state index is 0.00170. The summed E-state index contributed by atoms with van der Waals surface area (Å²) in [5.74, 6) is -1.03. The second-order valence-corrected chi connectivity index (χ2v) is 5.17. The van der Waals surface area contributed by atoms with E-state index in [0.29, 0.717) is 0 Å². The highest BCUT2D eigenvalue weighted by Gasteiger charge is 2.44. The summed E-state index contributed by atoms with van der Waals surface area (Å²) in [6.07, 6.45) is -8.62. The van der Waals surface area contributed by atoms with E-state index in [0.717, 1.165) is 10.9 Å². The summed E-state index contributed by atoms with van der Waals surface area (Å²) in [4.78, 5) is 12.8. The Morgan fingerprint density at radius 1 is 1.19 bits per heavy atom. The van der Waals surface area contributed by atoms with Crippen LogP contribution in [0.5, 0.6) is 5.75 Å². The molecular formula is C14H10F4O2S. The van der Waals surface area contributed by atoms with Crippen molar-refractivity contribution >= 4 is 17.1 Å². The fourth-order valence-electron chi connectivity index (χ4n) is 1.64. The van der Waals surface area contributed by atoms with E-state index in [9.17, 15) is 22.4 Å². The Kier molecular flexibility index (Phi) is 4.62. The molecule has 0 amide bonds. The molecule has 2 aromatic rings. The van der Waals surface area contributed by atoms with Crippen molar-refractivity contribution in [3.63, 3.8) is 0 Å². The number of benzene rings is 1. The van der Waals surface area contributed by atoms with Gasteiger partial charge in [0.25, 0.3) is 0 Å². The molecule has 1 aromatic carbocycles. The minimum Gasteiger partial charge on any atom is -0.428 e. The molecule has 0 aliphatic rings. The number of carbonyl (C=O) groups excluding carboxylic acids is 1. The normalized spacial score (nSPS) is 11.7. The van der Waals surface area contributed by atoms with Gasteiger partial charge in [-0.15, -0.1) is 11.3 Å². The highest BCUT2D eigenvalue weighted by molar-refractivity contribution is 7.10. The summed E-state index contributed by atoms with van der Waals surface area (Å²) < 4.78 is 54.3. The van der Waals surface area contributed by atoms with Gasteiger partial charge in [-0.2, -0.15) is 17.6 Å². The third-order valence-corrected chi connectivity index (χ3v) is 3.48. The van der Waals surface area contributed by atoms with Crippen LogP contribution >= 0.6 is 11.3 Å². The lowest BCUT2D eigenvalue weighted by Gasteiger charge is -2.18. The summed E-state index contributed by atoms with van der Waals surface area (Å²) in [7, 11) is 0. The Hall–Kier alpha value is -1.89. The molecular weight excluding hydrogens is 308 g/mol. The fourth-order valence-corrected chi connectivity index (χ4v) is 2.35. The maximum Gasteiger partial charge on any atom is 0.461 e. The number of hydrogen-bond acceptors (Lipinski definition) is 3.